The first-order valence-corrected chi connectivity index (χ1v) is 7.68. The summed E-state index contributed by atoms with van der Waals surface area (Å²) in [6, 6.07) is 6.77. The lowest BCUT2D eigenvalue weighted by Gasteiger charge is -2.12. The molecule has 1 atom stereocenters. The summed E-state index contributed by atoms with van der Waals surface area (Å²) in [5.74, 6) is 0. The molecule has 0 amide bonds. The van der Waals surface area contributed by atoms with Crippen molar-refractivity contribution < 1.29 is 8.42 Å². The van der Waals surface area contributed by atoms with E-state index in [1.807, 2.05) is 26.0 Å². The molecule has 1 rings (SSSR count). The van der Waals surface area contributed by atoms with Crippen molar-refractivity contribution in [2.24, 2.45) is 0 Å². The van der Waals surface area contributed by atoms with Gasteiger partial charge in [-0.2, -0.15) is 0 Å². The number of nitrogens with one attached hydrogen (secondary N) is 1. The quantitative estimate of drug-likeness (QED) is 0.805. The summed E-state index contributed by atoms with van der Waals surface area (Å²) < 4.78 is 26.8. The zero-order valence-electron chi connectivity index (χ0n) is 11.2. The second kappa shape index (κ2) is 6.71. The van der Waals surface area contributed by atoms with Crippen molar-refractivity contribution in [1.82, 2.24) is 4.72 Å². The smallest absolute Gasteiger partial charge is 0.208 e. The van der Waals surface area contributed by atoms with Gasteiger partial charge in [-0.3, -0.25) is 0 Å². The minimum absolute atomic E-state index is 0.0981. The van der Waals surface area contributed by atoms with Gasteiger partial charge in [-0.05, 0) is 38.8 Å². The minimum Gasteiger partial charge on any atom is -0.208 e. The minimum atomic E-state index is -3.40. The van der Waals surface area contributed by atoms with Crippen LogP contribution < -0.4 is 4.72 Å². The average molecular weight is 267 g/mol. The van der Waals surface area contributed by atoms with E-state index in [2.05, 4.69) is 11.6 Å². The Morgan fingerprint density at radius 1 is 1.22 bits per heavy atom. The molecule has 0 heterocycles. The van der Waals surface area contributed by atoms with E-state index < -0.39 is 10.0 Å². The third-order valence-electron chi connectivity index (χ3n) is 2.58. The molecule has 0 bridgehead atoms. The van der Waals surface area contributed by atoms with E-state index in [1.165, 1.54) is 0 Å². The number of allylic oxidation sites excluding steroid dienone is 1. The van der Waals surface area contributed by atoms with Gasteiger partial charge in [0.15, 0.2) is 0 Å². The van der Waals surface area contributed by atoms with Gasteiger partial charge in [-0.15, -0.1) is 0 Å². The standard InChI is InChI=1S/C14H21NO2S/c1-4-5-6-7-13(3)15-18(16,17)14-10-8-12(2)9-11-14/h5-6,8-11,13,15H,4,7H2,1-3H3/b6-5-/t13-/m0/s1. The summed E-state index contributed by atoms with van der Waals surface area (Å²) in [4.78, 5) is 0.319. The maximum Gasteiger partial charge on any atom is 0.240 e. The maximum absolute atomic E-state index is 12.1. The van der Waals surface area contributed by atoms with E-state index in [-0.39, 0.29) is 6.04 Å². The summed E-state index contributed by atoms with van der Waals surface area (Å²) in [5, 5.41) is 0. The van der Waals surface area contributed by atoms with Crippen LogP contribution >= 0.6 is 0 Å². The van der Waals surface area contributed by atoms with E-state index in [4.69, 9.17) is 0 Å². The lowest BCUT2D eigenvalue weighted by atomic mass is 10.2. The summed E-state index contributed by atoms with van der Waals surface area (Å²) in [6.07, 6.45) is 5.72. The highest BCUT2D eigenvalue weighted by molar-refractivity contribution is 7.89. The van der Waals surface area contributed by atoms with Crippen molar-refractivity contribution in [3.8, 4) is 0 Å². The lowest BCUT2D eigenvalue weighted by molar-refractivity contribution is 0.562. The van der Waals surface area contributed by atoms with Gasteiger partial charge in [0.2, 0.25) is 10.0 Å². The Kier molecular flexibility index (Phi) is 5.56. The number of hydrogen-bond donors (Lipinski definition) is 1. The van der Waals surface area contributed by atoms with Gasteiger partial charge >= 0.3 is 0 Å². The molecule has 0 saturated carbocycles. The van der Waals surface area contributed by atoms with Crippen LogP contribution in [0.2, 0.25) is 0 Å². The van der Waals surface area contributed by atoms with Gasteiger partial charge in [-0.1, -0.05) is 36.8 Å². The summed E-state index contributed by atoms with van der Waals surface area (Å²) in [5.41, 5.74) is 1.05. The molecule has 0 aliphatic rings. The van der Waals surface area contributed by atoms with Crippen molar-refractivity contribution >= 4 is 10.0 Å². The molecule has 0 aliphatic carbocycles. The van der Waals surface area contributed by atoms with Crippen LogP contribution in [0.25, 0.3) is 0 Å². The zero-order chi connectivity index (χ0) is 13.6. The van der Waals surface area contributed by atoms with Gasteiger partial charge in [0.05, 0.1) is 4.90 Å². The molecule has 18 heavy (non-hydrogen) atoms. The Hall–Kier alpha value is -1.13. The molecule has 0 saturated heterocycles. The normalized spacial score (nSPS) is 13.9. The van der Waals surface area contributed by atoms with Gasteiger partial charge in [0.25, 0.3) is 0 Å². The van der Waals surface area contributed by atoms with Crippen molar-refractivity contribution in [3.05, 3.63) is 42.0 Å². The molecule has 0 aromatic heterocycles. The highest BCUT2D eigenvalue weighted by Crippen LogP contribution is 2.11. The van der Waals surface area contributed by atoms with Crippen LogP contribution in [0.3, 0.4) is 0 Å². The fourth-order valence-corrected chi connectivity index (χ4v) is 2.82. The molecule has 1 aromatic rings. The van der Waals surface area contributed by atoms with Crippen LogP contribution in [0.1, 0.15) is 32.3 Å². The molecule has 0 unspecified atom stereocenters. The fourth-order valence-electron chi connectivity index (χ4n) is 1.57. The van der Waals surface area contributed by atoms with Crippen LogP contribution in [0, 0.1) is 6.92 Å². The Morgan fingerprint density at radius 2 is 1.83 bits per heavy atom. The topological polar surface area (TPSA) is 46.2 Å². The first-order chi connectivity index (χ1) is 8.45. The van der Waals surface area contributed by atoms with Crippen LogP contribution in [0.15, 0.2) is 41.3 Å². The Bertz CT molecular complexity index is 489. The predicted octanol–water partition coefficient (Wildman–Crippen LogP) is 3.02. The number of rotatable bonds is 6. The molecular formula is C14H21NO2S. The molecule has 100 valence electrons. The zero-order valence-corrected chi connectivity index (χ0v) is 12.0. The Labute approximate surface area is 110 Å². The highest BCUT2D eigenvalue weighted by Gasteiger charge is 2.16. The third kappa shape index (κ3) is 4.63. The van der Waals surface area contributed by atoms with Crippen LogP contribution in [-0.4, -0.2) is 14.5 Å². The van der Waals surface area contributed by atoms with Gasteiger partial charge < -0.3 is 0 Å². The van der Waals surface area contributed by atoms with Crippen LogP contribution in [0.4, 0.5) is 0 Å². The number of benzene rings is 1. The molecule has 1 N–H and O–H groups in total. The first-order valence-electron chi connectivity index (χ1n) is 6.19. The molecular weight excluding hydrogens is 246 g/mol. The molecule has 1 aromatic carbocycles. The first kappa shape index (κ1) is 14.9. The second-order valence-electron chi connectivity index (χ2n) is 4.45. The van der Waals surface area contributed by atoms with E-state index in [0.29, 0.717) is 11.3 Å². The summed E-state index contributed by atoms with van der Waals surface area (Å²) in [6.45, 7) is 5.85. The summed E-state index contributed by atoms with van der Waals surface area (Å²) in [7, 11) is -3.40. The molecule has 4 heteroatoms. The molecule has 0 spiro atoms. The Balaban J connectivity index is 2.70. The predicted molar refractivity (Wildman–Crippen MR) is 75.0 cm³/mol. The van der Waals surface area contributed by atoms with Crippen molar-refractivity contribution in [1.29, 1.82) is 0 Å². The van der Waals surface area contributed by atoms with Gasteiger partial charge in [0, 0.05) is 6.04 Å². The monoisotopic (exact) mass is 267 g/mol. The molecule has 0 fully saturated rings. The fraction of sp³-hybridized carbons (Fsp3) is 0.429. The number of hydrogen-bond acceptors (Lipinski definition) is 2. The average Bonchev–Trinajstić information content (AvgIpc) is 2.29. The van der Waals surface area contributed by atoms with E-state index in [9.17, 15) is 8.42 Å². The third-order valence-corrected chi connectivity index (χ3v) is 4.19. The van der Waals surface area contributed by atoms with Crippen LogP contribution in [-0.2, 0) is 10.0 Å². The maximum atomic E-state index is 12.1. The summed E-state index contributed by atoms with van der Waals surface area (Å²) >= 11 is 0. The number of sulfonamides is 1. The molecule has 0 aliphatic heterocycles. The van der Waals surface area contributed by atoms with E-state index >= 15 is 0 Å². The van der Waals surface area contributed by atoms with Crippen LogP contribution in [0.5, 0.6) is 0 Å². The second-order valence-corrected chi connectivity index (χ2v) is 6.16. The van der Waals surface area contributed by atoms with E-state index in [1.54, 1.807) is 24.3 Å². The largest absolute Gasteiger partial charge is 0.240 e. The number of aryl methyl sites for hydroxylation is 1. The highest BCUT2D eigenvalue weighted by atomic mass is 32.2. The van der Waals surface area contributed by atoms with Gasteiger partial charge in [-0.25, -0.2) is 13.1 Å². The van der Waals surface area contributed by atoms with Gasteiger partial charge in [0.1, 0.15) is 0 Å². The molecule has 3 nitrogen and oxygen atoms in total. The van der Waals surface area contributed by atoms with E-state index in [0.717, 1.165) is 12.0 Å². The van der Waals surface area contributed by atoms with Crippen molar-refractivity contribution in [3.63, 3.8) is 0 Å². The lowest BCUT2D eigenvalue weighted by Crippen LogP contribution is -2.32. The van der Waals surface area contributed by atoms with Crippen molar-refractivity contribution in [2.45, 2.75) is 44.6 Å². The SMILES string of the molecule is CC/C=C\C[C@H](C)NS(=O)(=O)c1ccc(C)cc1. The van der Waals surface area contributed by atoms with Crippen molar-refractivity contribution in [2.75, 3.05) is 0 Å². The Morgan fingerprint density at radius 3 is 2.39 bits per heavy atom. The molecule has 0 radical (unpaired) electrons.